The standard InChI is InChI=1S/C16H15ClF2/c1-9-5-4-6-10(2)15(9)16(17)12-8-13(18)11(3)7-14(12)19/h4-8,16H,1-3H3. The molecule has 100 valence electrons. The average molecular weight is 281 g/mol. The van der Waals surface area contributed by atoms with Crippen LogP contribution in [0.25, 0.3) is 0 Å². The number of hydrogen-bond donors (Lipinski definition) is 0. The van der Waals surface area contributed by atoms with Gasteiger partial charge in [-0.25, -0.2) is 8.78 Å². The van der Waals surface area contributed by atoms with Crippen molar-refractivity contribution in [1.82, 2.24) is 0 Å². The highest BCUT2D eigenvalue weighted by Gasteiger charge is 2.20. The third kappa shape index (κ3) is 2.64. The van der Waals surface area contributed by atoms with Gasteiger partial charge in [0.2, 0.25) is 0 Å². The topological polar surface area (TPSA) is 0 Å². The van der Waals surface area contributed by atoms with Crippen molar-refractivity contribution < 1.29 is 8.78 Å². The molecule has 0 N–H and O–H groups in total. The number of aryl methyl sites for hydroxylation is 3. The van der Waals surface area contributed by atoms with E-state index >= 15 is 0 Å². The quantitative estimate of drug-likeness (QED) is 0.662. The van der Waals surface area contributed by atoms with Gasteiger partial charge in [-0.3, -0.25) is 0 Å². The van der Waals surface area contributed by atoms with Gasteiger partial charge in [0.05, 0.1) is 5.38 Å². The van der Waals surface area contributed by atoms with Gasteiger partial charge >= 0.3 is 0 Å². The molecule has 1 unspecified atom stereocenters. The van der Waals surface area contributed by atoms with Crippen LogP contribution in [0, 0.1) is 32.4 Å². The highest BCUT2D eigenvalue weighted by atomic mass is 35.5. The molecule has 0 aliphatic heterocycles. The summed E-state index contributed by atoms with van der Waals surface area (Å²) in [5.74, 6) is -0.908. The minimum Gasteiger partial charge on any atom is -0.207 e. The van der Waals surface area contributed by atoms with Crippen LogP contribution in [0.1, 0.15) is 33.2 Å². The lowest BCUT2D eigenvalue weighted by atomic mass is 9.95. The second-order valence-corrected chi connectivity index (χ2v) is 5.23. The second-order valence-electron chi connectivity index (χ2n) is 4.79. The van der Waals surface area contributed by atoms with Crippen molar-refractivity contribution in [3.05, 3.63) is 69.8 Å². The highest BCUT2D eigenvalue weighted by molar-refractivity contribution is 6.22. The van der Waals surface area contributed by atoms with Crippen molar-refractivity contribution in [2.75, 3.05) is 0 Å². The van der Waals surface area contributed by atoms with Crippen molar-refractivity contribution in [3.63, 3.8) is 0 Å². The van der Waals surface area contributed by atoms with Gasteiger partial charge in [-0.15, -0.1) is 11.6 Å². The lowest BCUT2D eigenvalue weighted by molar-refractivity contribution is 0.580. The van der Waals surface area contributed by atoms with Crippen molar-refractivity contribution in [1.29, 1.82) is 0 Å². The largest absolute Gasteiger partial charge is 0.207 e. The van der Waals surface area contributed by atoms with E-state index in [1.165, 1.54) is 19.1 Å². The van der Waals surface area contributed by atoms with E-state index in [1.807, 2.05) is 32.0 Å². The molecule has 0 heterocycles. The molecule has 0 bridgehead atoms. The monoisotopic (exact) mass is 280 g/mol. The Morgan fingerprint density at radius 1 is 0.895 bits per heavy atom. The maximum absolute atomic E-state index is 14.0. The Morgan fingerprint density at radius 3 is 2.05 bits per heavy atom. The van der Waals surface area contributed by atoms with Crippen molar-refractivity contribution >= 4 is 11.6 Å². The molecule has 3 heteroatoms. The highest BCUT2D eigenvalue weighted by Crippen LogP contribution is 2.35. The smallest absolute Gasteiger partial charge is 0.128 e. The van der Waals surface area contributed by atoms with Crippen molar-refractivity contribution in [3.8, 4) is 0 Å². The number of halogens is 3. The molecule has 2 aromatic rings. The van der Waals surface area contributed by atoms with E-state index in [0.29, 0.717) is 0 Å². The molecule has 0 aromatic heterocycles. The van der Waals surface area contributed by atoms with Gasteiger partial charge in [-0.1, -0.05) is 18.2 Å². The molecule has 0 spiro atoms. The van der Waals surface area contributed by atoms with E-state index in [-0.39, 0.29) is 11.1 Å². The molecule has 19 heavy (non-hydrogen) atoms. The zero-order valence-corrected chi connectivity index (χ0v) is 11.9. The number of hydrogen-bond acceptors (Lipinski definition) is 0. The Balaban J connectivity index is 2.56. The molecule has 0 saturated heterocycles. The summed E-state index contributed by atoms with van der Waals surface area (Å²) in [6.07, 6.45) is 0. The van der Waals surface area contributed by atoms with Crippen molar-refractivity contribution in [2.24, 2.45) is 0 Å². The molecule has 0 aliphatic carbocycles. The summed E-state index contributed by atoms with van der Waals surface area (Å²) in [7, 11) is 0. The minimum atomic E-state index is -0.684. The number of benzene rings is 2. The van der Waals surface area contributed by atoms with Crippen LogP contribution in [0.15, 0.2) is 30.3 Å². The van der Waals surface area contributed by atoms with E-state index in [1.54, 1.807) is 0 Å². The summed E-state index contributed by atoms with van der Waals surface area (Å²) in [5, 5.41) is -0.684. The van der Waals surface area contributed by atoms with Crippen LogP contribution in [-0.2, 0) is 0 Å². The van der Waals surface area contributed by atoms with Crippen LogP contribution in [0.5, 0.6) is 0 Å². The lowest BCUT2D eigenvalue weighted by Crippen LogP contribution is -2.03. The maximum Gasteiger partial charge on any atom is 0.128 e. The van der Waals surface area contributed by atoms with Crippen LogP contribution in [0.4, 0.5) is 8.78 Å². The van der Waals surface area contributed by atoms with Crippen molar-refractivity contribution in [2.45, 2.75) is 26.1 Å². The van der Waals surface area contributed by atoms with Crippen LogP contribution < -0.4 is 0 Å². The minimum absolute atomic E-state index is 0.183. The van der Waals surface area contributed by atoms with Crippen LogP contribution in [0.2, 0.25) is 0 Å². The van der Waals surface area contributed by atoms with Crippen LogP contribution in [-0.4, -0.2) is 0 Å². The number of alkyl halides is 1. The van der Waals surface area contributed by atoms with E-state index < -0.39 is 17.0 Å². The molecule has 0 saturated carbocycles. The van der Waals surface area contributed by atoms with Crippen LogP contribution in [0.3, 0.4) is 0 Å². The summed E-state index contributed by atoms with van der Waals surface area (Å²) in [6, 6.07) is 8.13. The molecule has 0 nitrogen and oxygen atoms in total. The van der Waals surface area contributed by atoms with E-state index in [2.05, 4.69) is 0 Å². The van der Waals surface area contributed by atoms with Gasteiger partial charge in [0.1, 0.15) is 11.6 Å². The van der Waals surface area contributed by atoms with Gasteiger partial charge in [-0.2, -0.15) is 0 Å². The van der Waals surface area contributed by atoms with E-state index in [0.717, 1.165) is 16.7 Å². The molecular formula is C16H15ClF2. The number of rotatable bonds is 2. The average Bonchev–Trinajstić information content (AvgIpc) is 2.33. The first-order chi connectivity index (χ1) is 8.91. The SMILES string of the molecule is Cc1cc(F)c(C(Cl)c2c(C)cccc2C)cc1F. The fraction of sp³-hybridized carbons (Fsp3) is 0.250. The zero-order chi connectivity index (χ0) is 14.2. The molecule has 0 fully saturated rings. The van der Waals surface area contributed by atoms with E-state index in [9.17, 15) is 8.78 Å². The summed E-state index contributed by atoms with van der Waals surface area (Å²) >= 11 is 6.37. The lowest BCUT2D eigenvalue weighted by Gasteiger charge is -2.17. The second kappa shape index (κ2) is 5.30. The Hall–Kier alpha value is -1.41. The normalized spacial score (nSPS) is 12.5. The molecule has 2 rings (SSSR count). The Kier molecular flexibility index (Phi) is 3.91. The molecular weight excluding hydrogens is 266 g/mol. The van der Waals surface area contributed by atoms with Gasteiger partial charge in [0.15, 0.2) is 0 Å². The Morgan fingerprint density at radius 2 is 1.47 bits per heavy atom. The molecule has 0 radical (unpaired) electrons. The first-order valence-corrected chi connectivity index (χ1v) is 6.51. The first kappa shape index (κ1) is 14.0. The first-order valence-electron chi connectivity index (χ1n) is 6.07. The molecule has 1 atom stereocenters. The predicted octanol–water partition coefficient (Wildman–Crippen LogP) is 5.22. The van der Waals surface area contributed by atoms with Gasteiger partial charge in [0, 0.05) is 5.56 Å². The zero-order valence-electron chi connectivity index (χ0n) is 11.1. The van der Waals surface area contributed by atoms with Crippen LogP contribution >= 0.6 is 11.6 Å². The van der Waals surface area contributed by atoms with Gasteiger partial charge in [0.25, 0.3) is 0 Å². The Labute approximate surface area is 117 Å². The fourth-order valence-corrected chi connectivity index (χ4v) is 2.75. The summed E-state index contributed by atoms with van der Waals surface area (Å²) < 4.78 is 27.6. The Bertz CT molecular complexity index is 600. The summed E-state index contributed by atoms with van der Waals surface area (Å²) in [5.41, 5.74) is 3.25. The van der Waals surface area contributed by atoms with E-state index in [4.69, 9.17) is 11.6 Å². The fourth-order valence-electron chi connectivity index (χ4n) is 2.24. The summed E-state index contributed by atoms with van der Waals surface area (Å²) in [6.45, 7) is 5.37. The molecule has 2 aromatic carbocycles. The maximum atomic E-state index is 14.0. The van der Waals surface area contributed by atoms with Gasteiger partial charge in [-0.05, 0) is 55.2 Å². The predicted molar refractivity (Wildman–Crippen MR) is 74.7 cm³/mol. The third-order valence-electron chi connectivity index (χ3n) is 3.35. The van der Waals surface area contributed by atoms with Gasteiger partial charge < -0.3 is 0 Å². The molecule has 0 amide bonds. The third-order valence-corrected chi connectivity index (χ3v) is 3.80. The summed E-state index contributed by atoms with van der Waals surface area (Å²) in [4.78, 5) is 0. The molecule has 0 aliphatic rings.